The first-order valence-electron chi connectivity index (χ1n) is 6.52. The van der Waals surface area contributed by atoms with Crippen molar-refractivity contribution in [2.24, 2.45) is 0 Å². The number of rotatable bonds is 4. The van der Waals surface area contributed by atoms with Gasteiger partial charge in [0.15, 0.2) is 0 Å². The summed E-state index contributed by atoms with van der Waals surface area (Å²) in [5.74, 6) is 0. The number of thiophene rings is 1. The second-order valence-corrected chi connectivity index (χ2v) is 9.84. The maximum Gasteiger partial charge on any atom is 0.252 e. The Morgan fingerprint density at radius 1 is 1.55 bits per heavy atom. The van der Waals surface area contributed by atoms with Gasteiger partial charge < -0.3 is 5.32 Å². The van der Waals surface area contributed by atoms with Gasteiger partial charge >= 0.3 is 0 Å². The van der Waals surface area contributed by atoms with E-state index in [0.717, 1.165) is 19.3 Å². The van der Waals surface area contributed by atoms with E-state index >= 15 is 0 Å². The number of halogens is 2. The van der Waals surface area contributed by atoms with Gasteiger partial charge in [-0.2, -0.15) is 4.31 Å². The van der Waals surface area contributed by atoms with Gasteiger partial charge in [-0.3, -0.25) is 0 Å². The molecule has 0 amide bonds. The molecule has 0 saturated carbocycles. The lowest BCUT2D eigenvalue weighted by atomic mass is 9.99. The summed E-state index contributed by atoms with van der Waals surface area (Å²) in [4.78, 5) is 0. The van der Waals surface area contributed by atoms with Crippen LogP contribution < -0.4 is 5.32 Å². The van der Waals surface area contributed by atoms with Gasteiger partial charge in [-0.1, -0.05) is 18.0 Å². The van der Waals surface area contributed by atoms with Crippen molar-refractivity contribution in [2.75, 3.05) is 13.6 Å². The molecule has 0 spiro atoms. The van der Waals surface area contributed by atoms with Crippen molar-refractivity contribution in [3.63, 3.8) is 0 Å². The molecule has 114 valence electrons. The van der Waals surface area contributed by atoms with E-state index in [4.69, 9.17) is 11.6 Å². The lowest BCUT2D eigenvalue weighted by molar-refractivity contribution is 0.214. The molecule has 1 aliphatic rings. The highest BCUT2D eigenvalue weighted by Crippen LogP contribution is 2.37. The van der Waals surface area contributed by atoms with Crippen LogP contribution in [0, 0.1) is 0 Å². The minimum absolute atomic E-state index is 0.00148. The zero-order valence-electron chi connectivity index (χ0n) is 11.4. The second kappa shape index (κ2) is 6.62. The van der Waals surface area contributed by atoms with Crippen LogP contribution in [-0.4, -0.2) is 38.4 Å². The molecule has 2 atom stereocenters. The van der Waals surface area contributed by atoms with Gasteiger partial charge in [0.25, 0.3) is 10.0 Å². The quantitative estimate of drug-likeness (QED) is 0.842. The van der Waals surface area contributed by atoms with Crippen molar-refractivity contribution in [2.45, 2.75) is 42.5 Å². The van der Waals surface area contributed by atoms with Crippen molar-refractivity contribution in [3.8, 4) is 0 Å². The summed E-state index contributed by atoms with van der Waals surface area (Å²) >= 11 is 10.4. The molecule has 1 fully saturated rings. The molecule has 4 nitrogen and oxygen atoms in total. The Morgan fingerprint density at radius 3 is 2.80 bits per heavy atom. The molecule has 2 rings (SSSR count). The average molecular weight is 402 g/mol. The zero-order valence-corrected chi connectivity index (χ0v) is 15.4. The third kappa shape index (κ3) is 3.23. The molecule has 0 radical (unpaired) electrons. The summed E-state index contributed by atoms with van der Waals surface area (Å²) < 4.78 is 28.2. The molecule has 0 aromatic carbocycles. The topological polar surface area (TPSA) is 49.4 Å². The first kappa shape index (κ1) is 16.7. The molecule has 8 heteroatoms. The van der Waals surface area contributed by atoms with Crippen LogP contribution >= 0.6 is 38.9 Å². The molecular formula is C12H18BrClN2O2S2. The molecule has 1 aliphatic heterocycles. The van der Waals surface area contributed by atoms with Crippen molar-refractivity contribution < 1.29 is 8.42 Å². The number of nitrogens with zero attached hydrogens (tertiary/aromatic N) is 1. The van der Waals surface area contributed by atoms with E-state index in [0.29, 0.717) is 19.6 Å². The van der Waals surface area contributed by atoms with E-state index in [1.165, 1.54) is 17.4 Å². The molecule has 0 aliphatic carbocycles. The fourth-order valence-corrected chi connectivity index (χ4v) is 6.78. The fourth-order valence-electron chi connectivity index (χ4n) is 2.49. The Bertz CT molecular complexity index is 557. The number of hydrogen-bond acceptors (Lipinski definition) is 4. The van der Waals surface area contributed by atoms with E-state index in [9.17, 15) is 8.42 Å². The Morgan fingerprint density at radius 2 is 2.25 bits per heavy atom. The number of hydrogen-bond donors (Lipinski definition) is 1. The first-order valence-corrected chi connectivity index (χ1v) is 9.94. The van der Waals surface area contributed by atoms with E-state index in [-0.39, 0.29) is 12.1 Å². The first-order chi connectivity index (χ1) is 9.37. The van der Waals surface area contributed by atoms with Crippen LogP contribution in [0.25, 0.3) is 0 Å². The van der Waals surface area contributed by atoms with Gasteiger partial charge in [0.05, 0.1) is 8.81 Å². The maximum absolute atomic E-state index is 12.8. The average Bonchev–Trinajstić information content (AvgIpc) is 2.78. The molecular weight excluding hydrogens is 384 g/mol. The van der Waals surface area contributed by atoms with Gasteiger partial charge in [0.2, 0.25) is 0 Å². The Hall–Kier alpha value is 0.340. The Labute approximate surface area is 137 Å². The predicted octanol–water partition coefficient (Wildman–Crippen LogP) is 3.32. The predicted molar refractivity (Wildman–Crippen MR) is 87.1 cm³/mol. The third-order valence-electron chi connectivity index (χ3n) is 3.72. The molecule has 20 heavy (non-hydrogen) atoms. The van der Waals surface area contributed by atoms with Gasteiger partial charge in [-0.05, 0) is 48.8 Å². The van der Waals surface area contributed by atoms with Crippen LogP contribution in [0.4, 0.5) is 0 Å². The summed E-state index contributed by atoms with van der Waals surface area (Å²) in [6, 6.07) is 1.66. The van der Waals surface area contributed by atoms with Crippen molar-refractivity contribution >= 4 is 48.9 Å². The smallest absolute Gasteiger partial charge is 0.252 e. The highest BCUT2D eigenvalue weighted by Gasteiger charge is 2.37. The SMILES string of the molecule is CNC(C)C1CCCCN1S(=O)(=O)c1cc(Cl)c(Br)s1. The van der Waals surface area contributed by atoms with Crippen LogP contribution in [0.5, 0.6) is 0 Å². The highest BCUT2D eigenvalue weighted by atomic mass is 79.9. The normalized spacial score (nSPS) is 22.9. The van der Waals surface area contributed by atoms with Crippen LogP contribution in [0.3, 0.4) is 0 Å². The summed E-state index contributed by atoms with van der Waals surface area (Å²) in [6.07, 6.45) is 2.87. The second-order valence-electron chi connectivity index (χ2n) is 4.94. The lowest BCUT2D eigenvalue weighted by Crippen LogP contribution is -2.52. The van der Waals surface area contributed by atoms with Crippen LogP contribution in [-0.2, 0) is 10.0 Å². The summed E-state index contributed by atoms with van der Waals surface area (Å²) in [5, 5.41) is 3.61. The van der Waals surface area contributed by atoms with Crippen molar-refractivity contribution in [3.05, 3.63) is 14.9 Å². The van der Waals surface area contributed by atoms with E-state index in [2.05, 4.69) is 21.2 Å². The number of piperidine rings is 1. The molecule has 2 unspecified atom stereocenters. The fraction of sp³-hybridized carbons (Fsp3) is 0.667. The van der Waals surface area contributed by atoms with Crippen molar-refractivity contribution in [1.29, 1.82) is 0 Å². The third-order valence-corrected chi connectivity index (χ3v) is 8.56. The van der Waals surface area contributed by atoms with Crippen LogP contribution in [0.1, 0.15) is 26.2 Å². The molecule has 2 heterocycles. The van der Waals surface area contributed by atoms with Crippen LogP contribution in [0.2, 0.25) is 5.02 Å². The molecule has 1 saturated heterocycles. The van der Waals surface area contributed by atoms with Gasteiger partial charge in [0, 0.05) is 18.6 Å². The van der Waals surface area contributed by atoms with Gasteiger partial charge in [-0.15, -0.1) is 11.3 Å². The van der Waals surface area contributed by atoms with E-state index < -0.39 is 10.0 Å². The molecule has 1 aromatic rings. The largest absolute Gasteiger partial charge is 0.316 e. The number of nitrogens with one attached hydrogen (secondary N) is 1. The minimum atomic E-state index is -3.47. The molecule has 1 N–H and O–H groups in total. The van der Waals surface area contributed by atoms with E-state index in [1.807, 2.05) is 14.0 Å². The Balaban J connectivity index is 2.35. The lowest BCUT2D eigenvalue weighted by Gasteiger charge is -2.37. The number of likely N-dealkylation sites (N-methyl/N-ethyl adjacent to an activating group) is 1. The van der Waals surface area contributed by atoms with Gasteiger partial charge in [-0.25, -0.2) is 8.42 Å². The standard InChI is InChI=1S/C12H18BrClN2O2S2/c1-8(15-2)10-5-3-4-6-16(10)20(17,18)11-7-9(14)12(13)19-11/h7-8,10,15H,3-6H2,1-2H3. The maximum atomic E-state index is 12.8. The van der Waals surface area contributed by atoms with Gasteiger partial charge in [0.1, 0.15) is 4.21 Å². The molecule has 1 aromatic heterocycles. The summed E-state index contributed by atoms with van der Waals surface area (Å²) in [7, 11) is -1.61. The monoisotopic (exact) mass is 400 g/mol. The van der Waals surface area contributed by atoms with Crippen LogP contribution in [0.15, 0.2) is 14.1 Å². The Kier molecular flexibility index (Phi) is 5.53. The molecule has 0 bridgehead atoms. The summed E-state index contributed by atoms with van der Waals surface area (Å²) in [6.45, 7) is 2.60. The van der Waals surface area contributed by atoms with Crippen molar-refractivity contribution in [1.82, 2.24) is 9.62 Å². The highest BCUT2D eigenvalue weighted by molar-refractivity contribution is 9.11. The summed E-state index contributed by atoms with van der Waals surface area (Å²) in [5.41, 5.74) is 0. The number of sulfonamides is 1. The van der Waals surface area contributed by atoms with E-state index in [1.54, 1.807) is 4.31 Å². The zero-order chi connectivity index (χ0) is 14.9. The minimum Gasteiger partial charge on any atom is -0.316 e.